The van der Waals surface area contributed by atoms with E-state index in [2.05, 4.69) is 30.9 Å². The minimum Gasteiger partial charge on any atom is -0.381 e. The zero-order chi connectivity index (χ0) is 23.2. The summed E-state index contributed by atoms with van der Waals surface area (Å²) in [5.74, 6) is -0.314. The van der Waals surface area contributed by atoms with E-state index >= 15 is 0 Å². The number of anilines is 3. The van der Waals surface area contributed by atoms with Crippen molar-refractivity contribution in [2.24, 2.45) is 11.5 Å². The molecular weight excluding hydrogens is 426 g/mol. The van der Waals surface area contributed by atoms with Gasteiger partial charge in [-0.25, -0.2) is 0 Å². The van der Waals surface area contributed by atoms with Gasteiger partial charge in [0, 0.05) is 37.8 Å². The lowest BCUT2D eigenvalue weighted by Crippen LogP contribution is -2.34. The monoisotopic (exact) mass is 455 g/mol. The Hall–Kier alpha value is -3.35. The van der Waals surface area contributed by atoms with Crippen molar-refractivity contribution >= 4 is 34.3 Å². The molecule has 0 unspecified atom stereocenters. The van der Waals surface area contributed by atoms with Gasteiger partial charge in [-0.1, -0.05) is 6.07 Å². The summed E-state index contributed by atoms with van der Waals surface area (Å²) < 4.78 is 12.8. The first-order chi connectivity index (χ1) is 16.1. The number of hydrogen-bond acceptors (Lipinski definition) is 10. The lowest BCUT2D eigenvalue weighted by Gasteiger charge is -2.23. The van der Waals surface area contributed by atoms with Crippen molar-refractivity contribution < 1.29 is 14.3 Å². The molecule has 1 atom stereocenters. The molecule has 12 nitrogen and oxygen atoms in total. The maximum Gasteiger partial charge on any atom is 0.273 e. The fourth-order valence-corrected chi connectivity index (χ4v) is 3.73. The molecule has 1 amide bonds. The number of benzene rings is 1. The van der Waals surface area contributed by atoms with Gasteiger partial charge in [-0.15, -0.1) is 10.2 Å². The maximum atomic E-state index is 11.9. The van der Waals surface area contributed by atoms with Gasteiger partial charge in [0.2, 0.25) is 5.95 Å². The molecule has 3 heterocycles. The normalized spacial score (nSPS) is 15.5. The summed E-state index contributed by atoms with van der Waals surface area (Å²) in [6, 6.07) is 5.86. The van der Waals surface area contributed by atoms with E-state index < -0.39 is 5.91 Å². The summed E-state index contributed by atoms with van der Waals surface area (Å²) in [5, 5.41) is 19.6. The Kier molecular flexibility index (Phi) is 7.27. The molecule has 33 heavy (non-hydrogen) atoms. The highest BCUT2D eigenvalue weighted by Crippen LogP contribution is 2.30. The van der Waals surface area contributed by atoms with Crippen LogP contribution in [0.5, 0.6) is 0 Å². The van der Waals surface area contributed by atoms with Crippen LogP contribution >= 0.6 is 0 Å². The SMILES string of the molecule is CCOC[C@H](N)CNc1nnc(C(N)=O)c(Nc2cccc3c2cnn3C2CCOCC2)n1. The van der Waals surface area contributed by atoms with Crippen LogP contribution in [0.15, 0.2) is 24.4 Å². The van der Waals surface area contributed by atoms with Crippen molar-refractivity contribution in [3.8, 4) is 0 Å². The number of nitrogens with one attached hydrogen (secondary N) is 2. The molecule has 1 saturated heterocycles. The van der Waals surface area contributed by atoms with Crippen LogP contribution in [0.1, 0.15) is 36.3 Å². The number of primary amides is 1. The number of nitrogens with two attached hydrogens (primary N) is 2. The van der Waals surface area contributed by atoms with Crippen LogP contribution in [0.4, 0.5) is 17.5 Å². The smallest absolute Gasteiger partial charge is 0.273 e. The molecule has 12 heteroatoms. The highest BCUT2D eigenvalue weighted by molar-refractivity contribution is 5.98. The predicted molar refractivity (Wildman–Crippen MR) is 123 cm³/mol. The van der Waals surface area contributed by atoms with E-state index in [1.165, 1.54) is 0 Å². The van der Waals surface area contributed by atoms with Gasteiger partial charge in [-0.05, 0) is 31.9 Å². The van der Waals surface area contributed by atoms with Crippen molar-refractivity contribution in [3.63, 3.8) is 0 Å². The number of carbonyl (C=O) groups is 1. The fourth-order valence-electron chi connectivity index (χ4n) is 3.73. The Morgan fingerprint density at radius 1 is 1.33 bits per heavy atom. The first-order valence-electron chi connectivity index (χ1n) is 11.0. The van der Waals surface area contributed by atoms with Crippen molar-refractivity contribution in [3.05, 3.63) is 30.1 Å². The number of ether oxygens (including phenoxy) is 2. The lowest BCUT2D eigenvalue weighted by atomic mass is 10.1. The minimum absolute atomic E-state index is 0.0620. The summed E-state index contributed by atoms with van der Waals surface area (Å²) in [6.45, 7) is 4.72. The van der Waals surface area contributed by atoms with Crippen molar-refractivity contribution in [2.45, 2.75) is 31.8 Å². The highest BCUT2D eigenvalue weighted by atomic mass is 16.5. The number of rotatable bonds is 10. The van der Waals surface area contributed by atoms with E-state index in [0.717, 1.165) is 42.6 Å². The number of nitrogens with zero attached hydrogens (tertiary/aromatic N) is 5. The zero-order valence-corrected chi connectivity index (χ0v) is 18.5. The van der Waals surface area contributed by atoms with Gasteiger partial charge in [-0.3, -0.25) is 9.48 Å². The van der Waals surface area contributed by atoms with Gasteiger partial charge in [-0.2, -0.15) is 10.1 Å². The molecule has 1 aliphatic heterocycles. The van der Waals surface area contributed by atoms with Gasteiger partial charge >= 0.3 is 0 Å². The van der Waals surface area contributed by atoms with Crippen LogP contribution in [0.3, 0.4) is 0 Å². The molecule has 4 rings (SSSR count). The summed E-state index contributed by atoms with van der Waals surface area (Å²) in [7, 11) is 0. The number of fused-ring (bicyclic) bond motifs is 1. The van der Waals surface area contributed by atoms with Crippen LogP contribution in [0, 0.1) is 0 Å². The predicted octanol–water partition coefficient (Wildman–Crippen LogP) is 1.19. The average molecular weight is 456 g/mol. The Bertz CT molecular complexity index is 1100. The highest BCUT2D eigenvalue weighted by Gasteiger charge is 2.20. The van der Waals surface area contributed by atoms with Gasteiger partial charge in [0.15, 0.2) is 11.5 Å². The van der Waals surface area contributed by atoms with E-state index in [0.29, 0.717) is 19.8 Å². The third-order valence-corrected chi connectivity index (χ3v) is 5.41. The largest absolute Gasteiger partial charge is 0.381 e. The summed E-state index contributed by atoms with van der Waals surface area (Å²) in [4.78, 5) is 16.3. The second-order valence-corrected chi connectivity index (χ2v) is 7.79. The molecule has 2 aromatic heterocycles. The maximum absolute atomic E-state index is 11.9. The van der Waals surface area contributed by atoms with Crippen LogP contribution in [-0.2, 0) is 9.47 Å². The zero-order valence-electron chi connectivity index (χ0n) is 18.5. The molecule has 176 valence electrons. The molecule has 0 aliphatic carbocycles. The van der Waals surface area contributed by atoms with Crippen molar-refractivity contribution in [1.82, 2.24) is 25.0 Å². The molecule has 1 aromatic carbocycles. The van der Waals surface area contributed by atoms with Gasteiger partial charge < -0.3 is 31.6 Å². The molecule has 6 N–H and O–H groups in total. The number of aromatic nitrogens is 5. The quantitative estimate of drug-likeness (QED) is 0.348. The van der Waals surface area contributed by atoms with Gasteiger partial charge in [0.05, 0.1) is 30.0 Å². The third kappa shape index (κ3) is 5.35. The molecule has 1 aliphatic rings. The third-order valence-electron chi connectivity index (χ3n) is 5.41. The van der Waals surface area contributed by atoms with E-state index in [1.54, 1.807) is 6.20 Å². The van der Waals surface area contributed by atoms with E-state index in [9.17, 15) is 4.79 Å². The molecule has 1 fully saturated rings. The standard InChI is InChI=1S/C21H29N9O3/c1-2-32-12-13(22)10-24-21-27-20(18(19(23)31)28-29-21)26-16-4-3-5-17-15(16)11-25-30(17)14-6-8-33-9-7-14/h3-5,11,13-14H,2,6-10,12,22H2,1H3,(H2,23,31)(H2,24,26,27,29)/t13-/m1/s1. The van der Waals surface area contributed by atoms with Crippen LogP contribution in [-0.4, -0.2) is 69.9 Å². The molecule has 0 radical (unpaired) electrons. The Morgan fingerprint density at radius 3 is 2.91 bits per heavy atom. The van der Waals surface area contributed by atoms with Gasteiger partial charge in [0.25, 0.3) is 5.91 Å². The molecule has 3 aromatic rings. The van der Waals surface area contributed by atoms with Crippen molar-refractivity contribution in [2.75, 3.05) is 43.6 Å². The summed E-state index contributed by atoms with van der Waals surface area (Å²) in [5.41, 5.74) is 13.2. The van der Waals surface area contributed by atoms with Gasteiger partial charge in [0.1, 0.15) is 0 Å². The fraction of sp³-hybridized carbons (Fsp3) is 0.476. The summed E-state index contributed by atoms with van der Waals surface area (Å²) >= 11 is 0. The topological polar surface area (TPSA) is 168 Å². The number of amides is 1. The van der Waals surface area contributed by atoms with E-state index in [1.807, 2.05) is 29.8 Å². The number of carbonyl (C=O) groups excluding carboxylic acids is 1. The van der Waals surface area contributed by atoms with Crippen LogP contribution in [0.25, 0.3) is 10.9 Å². The van der Waals surface area contributed by atoms with E-state index in [4.69, 9.17) is 20.9 Å². The Balaban J connectivity index is 1.58. The average Bonchev–Trinajstić information content (AvgIpc) is 3.27. The van der Waals surface area contributed by atoms with Crippen molar-refractivity contribution in [1.29, 1.82) is 0 Å². The molecule has 0 saturated carbocycles. The molecule has 0 spiro atoms. The second-order valence-electron chi connectivity index (χ2n) is 7.79. The molecular formula is C21H29N9O3. The van der Waals surface area contributed by atoms with Crippen LogP contribution < -0.4 is 22.1 Å². The lowest BCUT2D eigenvalue weighted by molar-refractivity contribution is 0.0675. The second kappa shape index (κ2) is 10.5. The molecule has 0 bridgehead atoms. The number of hydrogen-bond donors (Lipinski definition) is 4. The van der Waals surface area contributed by atoms with E-state index in [-0.39, 0.29) is 29.5 Å². The first-order valence-corrected chi connectivity index (χ1v) is 11.0. The summed E-state index contributed by atoms with van der Waals surface area (Å²) in [6.07, 6.45) is 3.63. The minimum atomic E-state index is -0.734. The Morgan fingerprint density at radius 2 is 2.15 bits per heavy atom. The Labute approximate surface area is 191 Å². The van der Waals surface area contributed by atoms with Crippen LogP contribution in [0.2, 0.25) is 0 Å². The first kappa shape index (κ1) is 22.8.